The molecule has 0 radical (unpaired) electrons. The molecule has 4 nitrogen and oxygen atoms in total. The minimum Gasteiger partial charge on any atom is -0.370 e. The van der Waals surface area contributed by atoms with E-state index in [9.17, 15) is 4.79 Å². The third-order valence-electron chi connectivity index (χ3n) is 4.12. The van der Waals surface area contributed by atoms with Gasteiger partial charge < -0.3 is 10.6 Å². The van der Waals surface area contributed by atoms with Crippen LogP contribution < -0.4 is 10.6 Å². The van der Waals surface area contributed by atoms with Gasteiger partial charge in [-0.3, -0.25) is 4.79 Å². The number of carbonyl (C=O) groups is 1. The van der Waals surface area contributed by atoms with E-state index >= 15 is 0 Å². The van der Waals surface area contributed by atoms with Gasteiger partial charge in [0.25, 0.3) is 5.91 Å². The zero-order valence-electron chi connectivity index (χ0n) is 13.2. The van der Waals surface area contributed by atoms with Crippen LogP contribution >= 0.6 is 0 Å². The molecule has 2 N–H and O–H groups in total. The highest BCUT2D eigenvalue weighted by atomic mass is 16.1. The molecule has 116 valence electrons. The van der Waals surface area contributed by atoms with Crippen LogP contribution in [0.15, 0.2) is 12.1 Å². The summed E-state index contributed by atoms with van der Waals surface area (Å²) in [6, 6.07) is 3.66. The van der Waals surface area contributed by atoms with Crippen molar-refractivity contribution in [1.29, 1.82) is 0 Å². The summed E-state index contributed by atoms with van der Waals surface area (Å²) >= 11 is 0. The normalized spacial score (nSPS) is 15.1. The van der Waals surface area contributed by atoms with Gasteiger partial charge in [0.2, 0.25) is 0 Å². The Balaban J connectivity index is 1.79. The van der Waals surface area contributed by atoms with Crippen molar-refractivity contribution in [2.45, 2.75) is 52.4 Å². The Labute approximate surface area is 127 Å². The highest BCUT2D eigenvalue weighted by molar-refractivity contribution is 5.94. The molecule has 0 bridgehead atoms. The van der Waals surface area contributed by atoms with Gasteiger partial charge in [-0.25, -0.2) is 4.98 Å². The molecule has 0 unspecified atom stereocenters. The van der Waals surface area contributed by atoms with Gasteiger partial charge in [-0.1, -0.05) is 25.7 Å². The summed E-state index contributed by atoms with van der Waals surface area (Å²) in [5.74, 6) is 1.67. The molecule has 0 aliphatic heterocycles. The number of hydrogen-bond donors (Lipinski definition) is 2. The van der Waals surface area contributed by atoms with Crippen molar-refractivity contribution in [3.63, 3.8) is 0 Å². The van der Waals surface area contributed by atoms with E-state index in [2.05, 4.69) is 15.6 Å². The smallest absolute Gasteiger partial charge is 0.251 e. The van der Waals surface area contributed by atoms with Crippen LogP contribution in [0.2, 0.25) is 0 Å². The lowest BCUT2D eigenvalue weighted by atomic mass is 10.0. The summed E-state index contributed by atoms with van der Waals surface area (Å²) in [5.41, 5.74) is 1.56. The van der Waals surface area contributed by atoms with Gasteiger partial charge in [0.05, 0.1) is 0 Å². The molecule has 1 aromatic rings. The summed E-state index contributed by atoms with van der Waals surface area (Å²) in [6.07, 6.45) is 7.87. The van der Waals surface area contributed by atoms with E-state index in [1.807, 2.05) is 26.0 Å². The van der Waals surface area contributed by atoms with E-state index < -0.39 is 0 Å². The molecule has 1 amide bonds. The molecular weight excluding hydrogens is 262 g/mol. The predicted molar refractivity (Wildman–Crippen MR) is 86.7 cm³/mol. The molecule has 1 heterocycles. The number of nitrogens with one attached hydrogen (secondary N) is 2. The Bertz CT molecular complexity index is 467. The van der Waals surface area contributed by atoms with Crippen LogP contribution in [0.3, 0.4) is 0 Å². The monoisotopic (exact) mass is 289 g/mol. The first kappa shape index (κ1) is 15.8. The summed E-state index contributed by atoms with van der Waals surface area (Å²) in [7, 11) is 0. The lowest BCUT2D eigenvalue weighted by molar-refractivity contribution is 0.0952. The first-order valence-electron chi connectivity index (χ1n) is 8.19. The average molecular weight is 289 g/mol. The summed E-state index contributed by atoms with van der Waals surface area (Å²) < 4.78 is 0. The van der Waals surface area contributed by atoms with Gasteiger partial charge >= 0.3 is 0 Å². The van der Waals surface area contributed by atoms with Gasteiger partial charge in [-0.15, -0.1) is 0 Å². The van der Waals surface area contributed by atoms with Crippen molar-refractivity contribution in [3.05, 3.63) is 23.4 Å². The van der Waals surface area contributed by atoms with Gasteiger partial charge in [0, 0.05) is 24.3 Å². The SMILES string of the molecule is CCNc1cc(C(=O)NCCCC2CCCC2)cc(C)n1. The van der Waals surface area contributed by atoms with Gasteiger partial charge in [0.1, 0.15) is 5.82 Å². The molecule has 21 heavy (non-hydrogen) atoms. The molecule has 0 saturated heterocycles. The quantitative estimate of drug-likeness (QED) is 0.755. The van der Waals surface area contributed by atoms with Crippen LogP contribution in [-0.4, -0.2) is 24.0 Å². The number of aromatic nitrogens is 1. The van der Waals surface area contributed by atoms with Crippen LogP contribution in [0.1, 0.15) is 61.5 Å². The minimum atomic E-state index is 0.00563. The molecule has 0 atom stereocenters. The largest absolute Gasteiger partial charge is 0.370 e. The third kappa shape index (κ3) is 5.03. The third-order valence-corrected chi connectivity index (χ3v) is 4.12. The van der Waals surface area contributed by atoms with Crippen LogP contribution in [0.25, 0.3) is 0 Å². The van der Waals surface area contributed by atoms with E-state index in [0.29, 0.717) is 5.56 Å². The van der Waals surface area contributed by atoms with Crippen molar-refractivity contribution >= 4 is 11.7 Å². The molecule has 0 spiro atoms. The highest BCUT2D eigenvalue weighted by Gasteiger charge is 2.14. The molecule has 2 rings (SSSR count). The fourth-order valence-corrected chi connectivity index (χ4v) is 3.07. The Morgan fingerprint density at radius 1 is 1.33 bits per heavy atom. The minimum absolute atomic E-state index is 0.00563. The zero-order valence-corrected chi connectivity index (χ0v) is 13.2. The molecule has 1 aromatic heterocycles. The van der Waals surface area contributed by atoms with Gasteiger partial charge in [-0.05, 0) is 44.7 Å². The van der Waals surface area contributed by atoms with E-state index in [1.54, 1.807) is 0 Å². The lowest BCUT2D eigenvalue weighted by Gasteiger charge is -2.10. The maximum atomic E-state index is 12.2. The Morgan fingerprint density at radius 3 is 2.81 bits per heavy atom. The Morgan fingerprint density at radius 2 is 2.10 bits per heavy atom. The first-order valence-corrected chi connectivity index (χ1v) is 8.19. The standard InChI is InChI=1S/C17H27N3O/c1-3-18-16-12-15(11-13(2)20-16)17(21)19-10-6-9-14-7-4-5-8-14/h11-12,14H,3-10H2,1-2H3,(H,18,20)(H,19,21). The summed E-state index contributed by atoms with van der Waals surface area (Å²) in [4.78, 5) is 16.5. The van der Waals surface area contributed by atoms with Crippen LogP contribution in [0, 0.1) is 12.8 Å². The van der Waals surface area contributed by atoms with E-state index in [-0.39, 0.29) is 5.91 Å². The fourth-order valence-electron chi connectivity index (χ4n) is 3.07. The molecule has 1 aliphatic rings. The molecule has 4 heteroatoms. The number of pyridine rings is 1. The Kier molecular flexibility index (Phi) is 6.03. The zero-order chi connectivity index (χ0) is 15.1. The second-order valence-corrected chi connectivity index (χ2v) is 5.96. The first-order chi connectivity index (χ1) is 10.2. The van der Waals surface area contributed by atoms with Crippen molar-refractivity contribution in [1.82, 2.24) is 10.3 Å². The molecule has 0 aromatic carbocycles. The van der Waals surface area contributed by atoms with Crippen molar-refractivity contribution in [3.8, 4) is 0 Å². The number of aryl methyl sites for hydroxylation is 1. The number of nitrogens with zero attached hydrogens (tertiary/aromatic N) is 1. The molecule has 1 aliphatic carbocycles. The lowest BCUT2D eigenvalue weighted by Crippen LogP contribution is -2.25. The predicted octanol–water partition coefficient (Wildman–Crippen LogP) is 3.52. The van der Waals surface area contributed by atoms with E-state index in [4.69, 9.17) is 0 Å². The Hall–Kier alpha value is -1.58. The maximum absolute atomic E-state index is 12.2. The van der Waals surface area contributed by atoms with E-state index in [1.165, 1.54) is 32.1 Å². The number of carbonyl (C=O) groups excluding carboxylic acids is 1. The second-order valence-electron chi connectivity index (χ2n) is 5.96. The second kappa shape index (κ2) is 8.01. The summed E-state index contributed by atoms with van der Waals surface area (Å²) in [6.45, 7) is 5.51. The fraction of sp³-hybridized carbons (Fsp3) is 0.647. The van der Waals surface area contributed by atoms with Crippen LogP contribution in [0.4, 0.5) is 5.82 Å². The number of amides is 1. The number of anilines is 1. The number of rotatable bonds is 7. The highest BCUT2D eigenvalue weighted by Crippen LogP contribution is 2.28. The molecule has 1 saturated carbocycles. The van der Waals surface area contributed by atoms with Crippen molar-refractivity contribution < 1.29 is 4.79 Å². The van der Waals surface area contributed by atoms with Gasteiger partial charge in [-0.2, -0.15) is 0 Å². The average Bonchev–Trinajstić information content (AvgIpc) is 2.96. The van der Waals surface area contributed by atoms with Crippen LogP contribution in [-0.2, 0) is 0 Å². The topological polar surface area (TPSA) is 54.0 Å². The number of hydrogen-bond acceptors (Lipinski definition) is 3. The molecular formula is C17H27N3O. The summed E-state index contributed by atoms with van der Waals surface area (Å²) in [5, 5.41) is 6.18. The maximum Gasteiger partial charge on any atom is 0.251 e. The molecule has 1 fully saturated rings. The van der Waals surface area contributed by atoms with Crippen LogP contribution in [0.5, 0.6) is 0 Å². The van der Waals surface area contributed by atoms with Gasteiger partial charge in [0.15, 0.2) is 0 Å². The van der Waals surface area contributed by atoms with E-state index in [0.717, 1.165) is 36.9 Å². The van der Waals surface area contributed by atoms with Crippen molar-refractivity contribution in [2.75, 3.05) is 18.4 Å². The van der Waals surface area contributed by atoms with Crippen molar-refractivity contribution in [2.24, 2.45) is 5.92 Å².